The summed E-state index contributed by atoms with van der Waals surface area (Å²) in [5, 5.41) is 28.6. The van der Waals surface area contributed by atoms with Gasteiger partial charge in [0, 0.05) is 5.56 Å². The summed E-state index contributed by atoms with van der Waals surface area (Å²) in [6.07, 6.45) is -0.748. The molecule has 1 atom stereocenters. The Balaban J connectivity index is 2.34. The van der Waals surface area contributed by atoms with Gasteiger partial charge in [-0.05, 0) is 23.3 Å². The second-order valence-electron chi connectivity index (χ2n) is 3.86. The van der Waals surface area contributed by atoms with Crippen LogP contribution in [-0.2, 0) is 6.61 Å². The third kappa shape index (κ3) is 2.46. The molecule has 88 valence electrons. The quantitative estimate of drug-likeness (QED) is 0.755. The maximum absolute atomic E-state index is 10.1. The second kappa shape index (κ2) is 4.99. The molecule has 3 nitrogen and oxygen atoms in total. The Morgan fingerprint density at radius 1 is 0.941 bits per heavy atom. The Bertz CT molecular complexity index is 494. The summed E-state index contributed by atoms with van der Waals surface area (Å²) in [6.45, 7) is -0.249. The van der Waals surface area contributed by atoms with Crippen molar-refractivity contribution in [3.63, 3.8) is 0 Å². The highest BCUT2D eigenvalue weighted by molar-refractivity contribution is 5.39. The zero-order valence-corrected chi connectivity index (χ0v) is 9.24. The Hall–Kier alpha value is -1.84. The highest BCUT2D eigenvalue weighted by atomic mass is 16.3. The first-order valence-electron chi connectivity index (χ1n) is 5.38. The highest BCUT2D eigenvalue weighted by Crippen LogP contribution is 2.26. The van der Waals surface area contributed by atoms with E-state index in [0.717, 1.165) is 5.56 Å². The van der Waals surface area contributed by atoms with E-state index in [4.69, 9.17) is 5.11 Å². The average Bonchev–Trinajstić information content (AvgIpc) is 2.39. The first-order valence-corrected chi connectivity index (χ1v) is 5.38. The molecule has 0 heterocycles. The first kappa shape index (κ1) is 11.6. The second-order valence-corrected chi connectivity index (χ2v) is 3.86. The zero-order chi connectivity index (χ0) is 12.3. The van der Waals surface area contributed by atoms with Gasteiger partial charge in [0.15, 0.2) is 0 Å². The van der Waals surface area contributed by atoms with Crippen molar-refractivity contribution in [1.82, 2.24) is 0 Å². The van der Waals surface area contributed by atoms with Crippen LogP contribution in [0.2, 0.25) is 0 Å². The van der Waals surface area contributed by atoms with Gasteiger partial charge in [-0.2, -0.15) is 0 Å². The van der Waals surface area contributed by atoms with Gasteiger partial charge in [0.05, 0.1) is 6.61 Å². The summed E-state index contributed by atoms with van der Waals surface area (Å²) in [5.41, 5.74) is 1.85. The smallest absolute Gasteiger partial charge is 0.121 e. The van der Waals surface area contributed by atoms with Gasteiger partial charge in [-0.1, -0.05) is 36.4 Å². The molecule has 2 aromatic carbocycles. The summed E-state index contributed by atoms with van der Waals surface area (Å²) >= 11 is 0. The summed E-state index contributed by atoms with van der Waals surface area (Å²) < 4.78 is 0. The van der Waals surface area contributed by atoms with Crippen LogP contribution in [0.25, 0.3) is 0 Å². The van der Waals surface area contributed by atoms with Gasteiger partial charge in [0.1, 0.15) is 11.9 Å². The third-order valence-corrected chi connectivity index (χ3v) is 2.70. The number of phenols is 1. The van der Waals surface area contributed by atoms with Gasteiger partial charge in [-0.15, -0.1) is 0 Å². The minimum atomic E-state index is -0.748. The van der Waals surface area contributed by atoms with E-state index in [9.17, 15) is 10.2 Å². The lowest BCUT2D eigenvalue weighted by Crippen LogP contribution is -2.00. The van der Waals surface area contributed by atoms with Gasteiger partial charge in [-0.3, -0.25) is 0 Å². The van der Waals surface area contributed by atoms with Crippen LogP contribution in [0.3, 0.4) is 0 Å². The predicted octanol–water partition coefficient (Wildman–Crippen LogP) is 1.97. The van der Waals surface area contributed by atoms with Crippen LogP contribution < -0.4 is 0 Å². The largest absolute Gasteiger partial charge is 0.508 e. The van der Waals surface area contributed by atoms with Crippen molar-refractivity contribution in [2.24, 2.45) is 0 Å². The number of hydrogen-bond donors (Lipinski definition) is 3. The van der Waals surface area contributed by atoms with E-state index in [1.165, 1.54) is 6.07 Å². The van der Waals surface area contributed by atoms with Crippen LogP contribution in [0, 0.1) is 0 Å². The molecule has 17 heavy (non-hydrogen) atoms. The minimum absolute atomic E-state index is 0.0384. The van der Waals surface area contributed by atoms with Crippen molar-refractivity contribution in [2.45, 2.75) is 12.7 Å². The van der Waals surface area contributed by atoms with E-state index < -0.39 is 6.10 Å². The lowest BCUT2D eigenvalue weighted by molar-refractivity contribution is 0.219. The molecule has 0 aromatic heterocycles. The summed E-state index contributed by atoms with van der Waals surface area (Å²) in [6, 6.07) is 14.0. The first-order chi connectivity index (χ1) is 8.22. The number of benzene rings is 2. The standard InChI is InChI=1S/C14H14O3/c15-9-12-8-11(6-7-13(12)16)14(17)10-4-2-1-3-5-10/h1-8,14-17H,9H2. The Kier molecular flexibility index (Phi) is 3.42. The van der Waals surface area contributed by atoms with Crippen molar-refractivity contribution in [3.8, 4) is 5.75 Å². The molecular weight excluding hydrogens is 216 g/mol. The molecule has 0 radical (unpaired) electrons. The van der Waals surface area contributed by atoms with Gasteiger partial charge < -0.3 is 15.3 Å². The SMILES string of the molecule is OCc1cc(C(O)c2ccccc2)ccc1O. The number of aliphatic hydroxyl groups excluding tert-OH is 2. The van der Waals surface area contributed by atoms with E-state index in [2.05, 4.69) is 0 Å². The Morgan fingerprint density at radius 3 is 2.29 bits per heavy atom. The number of hydrogen-bond acceptors (Lipinski definition) is 3. The third-order valence-electron chi connectivity index (χ3n) is 2.70. The summed E-state index contributed by atoms with van der Waals surface area (Å²) in [4.78, 5) is 0. The number of rotatable bonds is 3. The van der Waals surface area contributed by atoms with Gasteiger partial charge in [0.2, 0.25) is 0 Å². The fourth-order valence-electron chi connectivity index (χ4n) is 1.73. The van der Waals surface area contributed by atoms with E-state index >= 15 is 0 Å². The van der Waals surface area contributed by atoms with Gasteiger partial charge in [0.25, 0.3) is 0 Å². The highest BCUT2D eigenvalue weighted by Gasteiger charge is 2.11. The van der Waals surface area contributed by atoms with Crippen molar-refractivity contribution in [1.29, 1.82) is 0 Å². The van der Waals surface area contributed by atoms with Crippen molar-refractivity contribution < 1.29 is 15.3 Å². The van der Waals surface area contributed by atoms with Gasteiger partial charge in [-0.25, -0.2) is 0 Å². The molecule has 0 saturated heterocycles. The fourth-order valence-corrected chi connectivity index (χ4v) is 1.73. The van der Waals surface area contributed by atoms with Crippen LogP contribution in [0.5, 0.6) is 5.75 Å². The topological polar surface area (TPSA) is 60.7 Å². The van der Waals surface area contributed by atoms with Crippen molar-refractivity contribution in [3.05, 3.63) is 65.2 Å². The van der Waals surface area contributed by atoms with E-state index in [1.54, 1.807) is 12.1 Å². The summed E-state index contributed by atoms with van der Waals surface area (Å²) in [5.74, 6) is 0.0384. The van der Waals surface area contributed by atoms with Crippen LogP contribution in [0.1, 0.15) is 22.8 Å². The van der Waals surface area contributed by atoms with E-state index in [1.807, 2.05) is 30.3 Å². The van der Waals surface area contributed by atoms with E-state index in [-0.39, 0.29) is 12.4 Å². The van der Waals surface area contributed by atoms with Crippen LogP contribution in [0.15, 0.2) is 48.5 Å². The zero-order valence-electron chi connectivity index (χ0n) is 9.24. The number of aromatic hydroxyl groups is 1. The van der Waals surface area contributed by atoms with E-state index in [0.29, 0.717) is 11.1 Å². The Morgan fingerprint density at radius 2 is 1.65 bits per heavy atom. The molecule has 0 fully saturated rings. The monoisotopic (exact) mass is 230 g/mol. The Labute approximate surface area is 99.6 Å². The molecule has 0 aliphatic carbocycles. The maximum atomic E-state index is 10.1. The number of aliphatic hydroxyl groups is 2. The summed E-state index contributed by atoms with van der Waals surface area (Å²) in [7, 11) is 0. The normalized spacial score (nSPS) is 12.4. The molecule has 0 spiro atoms. The molecule has 2 rings (SSSR count). The molecule has 0 amide bonds. The molecule has 0 aliphatic rings. The van der Waals surface area contributed by atoms with Crippen molar-refractivity contribution in [2.75, 3.05) is 0 Å². The van der Waals surface area contributed by atoms with Crippen LogP contribution >= 0.6 is 0 Å². The predicted molar refractivity (Wildman–Crippen MR) is 64.5 cm³/mol. The molecule has 3 N–H and O–H groups in total. The molecule has 0 saturated carbocycles. The lowest BCUT2D eigenvalue weighted by Gasteiger charge is -2.13. The molecule has 0 bridgehead atoms. The van der Waals surface area contributed by atoms with Crippen LogP contribution in [0.4, 0.5) is 0 Å². The average molecular weight is 230 g/mol. The lowest BCUT2D eigenvalue weighted by atomic mass is 9.99. The van der Waals surface area contributed by atoms with Gasteiger partial charge >= 0.3 is 0 Å². The van der Waals surface area contributed by atoms with Crippen LogP contribution in [-0.4, -0.2) is 15.3 Å². The van der Waals surface area contributed by atoms with Crippen molar-refractivity contribution >= 4 is 0 Å². The molecule has 2 aromatic rings. The molecule has 1 unspecified atom stereocenters. The molecular formula is C14H14O3. The molecule has 0 aliphatic heterocycles. The maximum Gasteiger partial charge on any atom is 0.121 e. The molecule has 3 heteroatoms. The minimum Gasteiger partial charge on any atom is -0.508 e. The fraction of sp³-hybridized carbons (Fsp3) is 0.143.